The van der Waals surface area contributed by atoms with Gasteiger partial charge in [0.25, 0.3) is 6.47 Å². The Morgan fingerprint density at radius 1 is 1.23 bits per heavy atom. The molecule has 0 saturated heterocycles. The lowest BCUT2D eigenvalue weighted by molar-refractivity contribution is -0.122. The second-order valence-corrected chi connectivity index (χ2v) is 6.11. The van der Waals surface area contributed by atoms with Crippen LogP contribution in [0.1, 0.15) is 11.1 Å². The number of oxazole rings is 1. The van der Waals surface area contributed by atoms with E-state index in [0.717, 1.165) is 11.8 Å². The average molecular weight is 422 g/mol. The Morgan fingerprint density at radius 2 is 1.94 bits per heavy atom. The third kappa shape index (κ3) is 5.01. The summed E-state index contributed by atoms with van der Waals surface area (Å²) in [5.74, 6) is -1.10. The Kier molecular flexibility index (Phi) is 6.22. The summed E-state index contributed by atoms with van der Waals surface area (Å²) >= 11 is 0. The molecule has 0 unspecified atom stereocenters. The first-order valence-electron chi connectivity index (χ1n) is 8.71. The molecule has 4 aromatic rings. The maximum atomic E-state index is 14.1. The van der Waals surface area contributed by atoms with Crippen LogP contribution >= 0.6 is 0 Å². The van der Waals surface area contributed by atoms with Gasteiger partial charge in [-0.2, -0.15) is 10.2 Å². The van der Waals surface area contributed by atoms with Crippen molar-refractivity contribution in [3.63, 3.8) is 0 Å². The topological polar surface area (TPSA) is 157 Å². The molecule has 10 nitrogen and oxygen atoms in total. The van der Waals surface area contributed by atoms with Gasteiger partial charge in [0.2, 0.25) is 5.95 Å². The van der Waals surface area contributed by atoms with Gasteiger partial charge >= 0.3 is 5.76 Å². The summed E-state index contributed by atoms with van der Waals surface area (Å²) in [6, 6.07) is 12.2. The Hall–Kier alpha value is -4.72. The van der Waals surface area contributed by atoms with Gasteiger partial charge in [0.15, 0.2) is 17.2 Å². The van der Waals surface area contributed by atoms with Gasteiger partial charge in [0.05, 0.1) is 23.3 Å². The van der Waals surface area contributed by atoms with Crippen molar-refractivity contribution in [1.82, 2.24) is 15.0 Å². The molecular formula is C20H15FN6O4. The van der Waals surface area contributed by atoms with Crippen molar-refractivity contribution < 1.29 is 18.7 Å². The van der Waals surface area contributed by atoms with E-state index < -0.39 is 11.6 Å². The number of hydrogen-bond donors (Lipinski definition) is 4. The van der Waals surface area contributed by atoms with Gasteiger partial charge < -0.3 is 20.2 Å². The van der Waals surface area contributed by atoms with Crippen LogP contribution in [0.5, 0.6) is 0 Å². The molecule has 0 radical (unpaired) electrons. The molecule has 0 spiro atoms. The first-order chi connectivity index (χ1) is 14.9. The zero-order valence-electron chi connectivity index (χ0n) is 16.0. The molecule has 11 heteroatoms. The number of carbonyl (C=O) groups is 1. The normalized spacial score (nSPS) is 9.97. The molecule has 0 fully saturated rings. The zero-order chi connectivity index (χ0) is 22.4. The highest BCUT2D eigenvalue weighted by Gasteiger charge is 2.10. The van der Waals surface area contributed by atoms with Crippen LogP contribution < -0.4 is 16.4 Å². The lowest BCUT2D eigenvalue weighted by Crippen LogP contribution is -2.03. The fourth-order valence-electron chi connectivity index (χ4n) is 2.63. The molecule has 0 aliphatic carbocycles. The molecule has 0 aliphatic rings. The lowest BCUT2D eigenvalue weighted by atomic mass is 10.1. The van der Waals surface area contributed by atoms with Crippen molar-refractivity contribution in [3.8, 4) is 6.07 Å². The van der Waals surface area contributed by atoms with Crippen molar-refractivity contribution in [2.24, 2.45) is 0 Å². The highest BCUT2D eigenvalue weighted by atomic mass is 19.1. The number of aryl methyl sites for hydroxylation is 1. The van der Waals surface area contributed by atoms with Gasteiger partial charge in [-0.25, -0.2) is 14.2 Å². The summed E-state index contributed by atoms with van der Waals surface area (Å²) in [6.45, 7) is 1.59. The number of fused-ring (bicyclic) bond motifs is 1. The van der Waals surface area contributed by atoms with Crippen molar-refractivity contribution in [1.29, 1.82) is 5.26 Å². The number of nitrogens with zero attached hydrogens (tertiary/aromatic N) is 3. The quantitative estimate of drug-likeness (QED) is 0.362. The van der Waals surface area contributed by atoms with E-state index in [-0.39, 0.29) is 18.2 Å². The fraction of sp³-hybridized carbons (Fsp3) is 0.0500. The number of aromatic nitrogens is 3. The molecular weight excluding hydrogens is 407 g/mol. The van der Waals surface area contributed by atoms with Crippen LogP contribution in [0.4, 0.5) is 27.5 Å². The van der Waals surface area contributed by atoms with Gasteiger partial charge in [-0.15, -0.1) is 0 Å². The zero-order valence-corrected chi connectivity index (χ0v) is 16.0. The summed E-state index contributed by atoms with van der Waals surface area (Å²) in [5, 5.41) is 21.8. The Bertz CT molecular complexity index is 1340. The van der Waals surface area contributed by atoms with E-state index in [0.29, 0.717) is 28.0 Å². The number of halogens is 1. The monoisotopic (exact) mass is 422 g/mol. The second-order valence-electron chi connectivity index (χ2n) is 6.11. The maximum Gasteiger partial charge on any atom is 0.417 e. The minimum Gasteiger partial charge on any atom is -0.483 e. The van der Waals surface area contributed by atoms with E-state index in [1.165, 1.54) is 0 Å². The number of benzene rings is 2. The highest BCUT2D eigenvalue weighted by Crippen LogP contribution is 2.23. The van der Waals surface area contributed by atoms with Crippen LogP contribution in [-0.2, 0) is 4.79 Å². The molecule has 2 heterocycles. The number of H-pyrrole nitrogens is 1. The average Bonchev–Trinajstić information content (AvgIpc) is 3.12. The molecule has 0 amide bonds. The molecule has 4 N–H and O–H groups in total. The summed E-state index contributed by atoms with van der Waals surface area (Å²) in [7, 11) is 0. The smallest absolute Gasteiger partial charge is 0.417 e. The van der Waals surface area contributed by atoms with E-state index >= 15 is 0 Å². The first kappa shape index (κ1) is 21.0. The van der Waals surface area contributed by atoms with E-state index in [1.807, 2.05) is 6.92 Å². The number of hydrogen-bond acceptors (Lipinski definition) is 8. The van der Waals surface area contributed by atoms with Crippen LogP contribution in [0, 0.1) is 24.1 Å². The van der Waals surface area contributed by atoms with Gasteiger partial charge in [0.1, 0.15) is 0 Å². The molecule has 31 heavy (non-hydrogen) atoms. The van der Waals surface area contributed by atoms with Crippen LogP contribution in [-0.4, -0.2) is 26.5 Å². The summed E-state index contributed by atoms with van der Waals surface area (Å²) < 4.78 is 19.1. The van der Waals surface area contributed by atoms with E-state index in [4.69, 9.17) is 19.6 Å². The third-order valence-electron chi connectivity index (χ3n) is 4.04. The molecule has 0 saturated carbocycles. The van der Waals surface area contributed by atoms with Crippen LogP contribution in [0.3, 0.4) is 0 Å². The Morgan fingerprint density at radius 3 is 2.68 bits per heavy atom. The highest BCUT2D eigenvalue weighted by molar-refractivity contribution is 5.78. The van der Waals surface area contributed by atoms with Crippen molar-refractivity contribution in [3.05, 3.63) is 70.1 Å². The molecule has 156 valence electrons. The SMILES string of the molecule is Cc1ccc(Nc2ncc(F)c(Nc3ccc4oc(=O)[nH]c4c3)n2)cc1C#N.O=CO. The van der Waals surface area contributed by atoms with Crippen molar-refractivity contribution in [2.45, 2.75) is 6.92 Å². The number of nitriles is 1. The molecule has 2 aromatic carbocycles. The summed E-state index contributed by atoms with van der Waals surface area (Å²) in [6.07, 6.45) is 1.04. The number of nitrogens with one attached hydrogen (secondary N) is 3. The molecule has 0 atom stereocenters. The molecule has 0 bridgehead atoms. The number of anilines is 4. The van der Waals surface area contributed by atoms with E-state index in [2.05, 4.69) is 31.7 Å². The minimum absolute atomic E-state index is 0.0460. The predicted octanol–water partition coefficient (Wildman–Crippen LogP) is 3.42. The largest absolute Gasteiger partial charge is 0.483 e. The van der Waals surface area contributed by atoms with Gasteiger partial charge in [0, 0.05) is 11.4 Å². The van der Waals surface area contributed by atoms with Crippen LogP contribution in [0.25, 0.3) is 11.1 Å². The summed E-state index contributed by atoms with van der Waals surface area (Å²) in [5.41, 5.74) is 3.36. The van der Waals surface area contributed by atoms with Crippen molar-refractivity contribution >= 4 is 40.7 Å². The minimum atomic E-state index is -0.645. The molecule has 0 aliphatic heterocycles. The van der Waals surface area contributed by atoms with Crippen LogP contribution in [0.2, 0.25) is 0 Å². The third-order valence-corrected chi connectivity index (χ3v) is 4.04. The van der Waals surface area contributed by atoms with Crippen molar-refractivity contribution in [2.75, 3.05) is 10.6 Å². The number of carboxylic acid groups (broad SMARTS) is 1. The predicted molar refractivity (Wildman–Crippen MR) is 110 cm³/mol. The van der Waals surface area contributed by atoms with E-state index in [1.54, 1.807) is 36.4 Å². The fourth-order valence-corrected chi connectivity index (χ4v) is 2.63. The van der Waals surface area contributed by atoms with Gasteiger partial charge in [-0.3, -0.25) is 9.78 Å². The summed E-state index contributed by atoms with van der Waals surface area (Å²) in [4.78, 5) is 30.2. The van der Waals surface area contributed by atoms with Gasteiger partial charge in [-0.1, -0.05) is 6.07 Å². The Labute approximate surface area is 174 Å². The lowest BCUT2D eigenvalue weighted by Gasteiger charge is -2.10. The maximum absolute atomic E-state index is 14.1. The standard InChI is InChI=1S/C19H13FN6O2.CH2O2/c1-10-2-3-12(6-11(10)8-21)24-18-22-9-14(20)17(26-18)23-13-4-5-16-15(7-13)25-19(27)28-16;2-1-3/h2-7,9H,1H3,(H,25,27)(H2,22,23,24,26);1H,(H,2,3). The Balaban J connectivity index is 0.000000858. The second kappa shape index (κ2) is 9.19. The number of aromatic amines is 1. The number of rotatable bonds is 4. The molecule has 2 aromatic heterocycles. The van der Waals surface area contributed by atoms with E-state index in [9.17, 15) is 9.18 Å². The van der Waals surface area contributed by atoms with Crippen LogP contribution in [0.15, 0.2) is 51.8 Å². The van der Waals surface area contributed by atoms with Gasteiger partial charge in [-0.05, 0) is 42.8 Å². The first-order valence-corrected chi connectivity index (χ1v) is 8.71. The molecule has 4 rings (SSSR count).